The van der Waals surface area contributed by atoms with Crippen molar-refractivity contribution in [3.05, 3.63) is 34.9 Å². The van der Waals surface area contributed by atoms with Gasteiger partial charge >= 0.3 is 0 Å². The van der Waals surface area contributed by atoms with Crippen LogP contribution in [0.1, 0.15) is 30.0 Å². The van der Waals surface area contributed by atoms with Crippen molar-refractivity contribution in [2.45, 2.75) is 39.8 Å². The van der Waals surface area contributed by atoms with Crippen molar-refractivity contribution in [3.8, 4) is 0 Å². The Labute approximate surface area is 92.3 Å². The first-order valence-corrected chi connectivity index (χ1v) is 5.59. The average molecular weight is 207 g/mol. The molecule has 2 N–H and O–H groups in total. The molecule has 0 saturated heterocycles. The Morgan fingerprint density at radius 3 is 2.73 bits per heavy atom. The molecule has 15 heavy (non-hydrogen) atoms. The van der Waals surface area contributed by atoms with Crippen LogP contribution in [0.4, 0.5) is 0 Å². The number of hydrogen-bond donors (Lipinski definition) is 2. The molecule has 1 aromatic carbocycles. The molecule has 0 aliphatic rings. The number of nitrogens with one attached hydrogen (secondary N) is 1. The van der Waals surface area contributed by atoms with Crippen molar-refractivity contribution in [2.75, 3.05) is 6.54 Å². The minimum Gasteiger partial charge on any atom is -0.392 e. The van der Waals surface area contributed by atoms with E-state index >= 15 is 0 Å². The van der Waals surface area contributed by atoms with Crippen LogP contribution in [0.15, 0.2) is 18.2 Å². The fraction of sp³-hybridized carbons (Fsp3) is 0.538. The van der Waals surface area contributed by atoms with Crippen LogP contribution in [-0.2, 0) is 6.54 Å². The summed E-state index contributed by atoms with van der Waals surface area (Å²) in [7, 11) is 0. The van der Waals surface area contributed by atoms with Gasteiger partial charge in [0.15, 0.2) is 0 Å². The molecule has 0 aliphatic heterocycles. The summed E-state index contributed by atoms with van der Waals surface area (Å²) in [6.07, 6.45) is 0.579. The van der Waals surface area contributed by atoms with Crippen molar-refractivity contribution < 1.29 is 5.11 Å². The highest BCUT2D eigenvalue weighted by Crippen LogP contribution is 2.12. The van der Waals surface area contributed by atoms with Crippen molar-refractivity contribution in [1.29, 1.82) is 0 Å². The zero-order chi connectivity index (χ0) is 11.3. The van der Waals surface area contributed by atoms with E-state index in [1.165, 1.54) is 16.7 Å². The molecule has 2 heteroatoms. The second kappa shape index (κ2) is 5.89. The average Bonchev–Trinajstić information content (AvgIpc) is 2.24. The van der Waals surface area contributed by atoms with Gasteiger partial charge in [-0.2, -0.15) is 0 Å². The topological polar surface area (TPSA) is 32.3 Å². The minimum absolute atomic E-state index is 0.227. The minimum atomic E-state index is -0.227. The van der Waals surface area contributed by atoms with E-state index in [0.29, 0.717) is 6.54 Å². The highest BCUT2D eigenvalue weighted by molar-refractivity contribution is 5.32. The molecule has 1 aromatic rings. The van der Waals surface area contributed by atoms with Crippen LogP contribution < -0.4 is 5.32 Å². The van der Waals surface area contributed by atoms with Crippen molar-refractivity contribution in [3.63, 3.8) is 0 Å². The number of benzene rings is 1. The lowest BCUT2D eigenvalue weighted by Gasteiger charge is -2.12. The van der Waals surface area contributed by atoms with E-state index < -0.39 is 0 Å². The summed E-state index contributed by atoms with van der Waals surface area (Å²) in [5, 5.41) is 12.7. The maximum absolute atomic E-state index is 9.40. The lowest BCUT2D eigenvalue weighted by molar-refractivity contribution is 0.167. The molecule has 84 valence electrons. The third-order valence-electron chi connectivity index (χ3n) is 2.88. The zero-order valence-electron chi connectivity index (χ0n) is 9.88. The van der Waals surface area contributed by atoms with Crippen LogP contribution in [0.3, 0.4) is 0 Å². The number of aryl methyl sites for hydroxylation is 1. The molecular formula is C13H21NO. The van der Waals surface area contributed by atoms with Crippen LogP contribution >= 0.6 is 0 Å². The van der Waals surface area contributed by atoms with E-state index in [4.69, 9.17) is 0 Å². The van der Waals surface area contributed by atoms with Gasteiger partial charge in [0.05, 0.1) is 6.10 Å². The van der Waals surface area contributed by atoms with Gasteiger partial charge in [0.2, 0.25) is 0 Å². The number of aliphatic hydroxyl groups is 1. The maximum Gasteiger partial charge on any atom is 0.0662 e. The highest BCUT2D eigenvalue weighted by atomic mass is 16.3. The molecule has 1 unspecified atom stereocenters. The van der Waals surface area contributed by atoms with Gasteiger partial charge in [-0.3, -0.25) is 0 Å². The van der Waals surface area contributed by atoms with E-state index in [1.54, 1.807) is 0 Å². The molecule has 0 radical (unpaired) electrons. The second-order valence-electron chi connectivity index (χ2n) is 4.05. The fourth-order valence-corrected chi connectivity index (χ4v) is 1.52. The number of hydrogen-bond acceptors (Lipinski definition) is 2. The van der Waals surface area contributed by atoms with Crippen LogP contribution in [0.5, 0.6) is 0 Å². The quantitative estimate of drug-likeness (QED) is 0.775. The summed E-state index contributed by atoms with van der Waals surface area (Å²) in [6, 6.07) is 6.34. The molecule has 0 saturated carbocycles. The van der Waals surface area contributed by atoms with Gasteiger partial charge in [0.1, 0.15) is 0 Å². The summed E-state index contributed by atoms with van der Waals surface area (Å²) in [5.41, 5.74) is 3.99. The van der Waals surface area contributed by atoms with Crippen LogP contribution in [0.2, 0.25) is 0 Å². The van der Waals surface area contributed by atoms with E-state index in [1.807, 2.05) is 6.92 Å². The first-order valence-electron chi connectivity index (χ1n) is 5.59. The predicted octanol–water partition coefficient (Wildman–Crippen LogP) is 2.16. The third-order valence-corrected chi connectivity index (χ3v) is 2.88. The molecule has 0 heterocycles. The molecule has 0 aliphatic carbocycles. The van der Waals surface area contributed by atoms with Gasteiger partial charge in [-0.25, -0.2) is 0 Å². The Balaban J connectivity index is 2.47. The largest absolute Gasteiger partial charge is 0.392 e. The van der Waals surface area contributed by atoms with E-state index in [-0.39, 0.29) is 6.10 Å². The Kier molecular flexibility index (Phi) is 4.79. The number of aliphatic hydroxyl groups excluding tert-OH is 1. The lowest BCUT2D eigenvalue weighted by atomic mass is 10.0. The SMILES string of the molecule is CCC(O)CNCc1cccc(C)c1C. The predicted molar refractivity (Wildman–Crippen MR) is 63.9 cm³/mol. The molecule has 0 aromatic heterocycles. The van der Waals surface area contributed by atoms with E-state index in [2.05, 4.69) is 37.4 Å². The number of rotatable bonds is 5. The van der Waals surface area contributed by atoms with Crippen molar-refractivity contribution in [1.82, 2.24) is 5.32 Å². The van der Waals surface area contributed by atoms with Gasteiger partial charge < -0.3 is 10.4 Å². The van der Waals surface area contributed by atoms with Crippen LogP contribution in [0, 0.1) is 13.8 Å². The molecule has 0 fully saturated rings. The molecule has 2 nitrogen and oxygen atoms in total. The molecule has 1 rings (SSSR count). The van der Waals surface area contributed by atoms with E-state index in [0.717, 1.165) is 13.0 Å². The second-order valence-corrected chi connectivity index (χ2v) is 4.05. The summed E-state index contributed by atoms with van der Waals surface area (Å²) in [6.45, 7) is 7.76. The summed E-state index contributed by atoms with van der Waals surface area (Å²) >= 11 is 0. The lowest BCUT2D eigenvalue weighted by Crippen LogP contribution is -2.26. The van der Waals surface area contributed by atoms with Gasteiger partial charge in [0, 0.05) is 13.1 Å². The summed E-state index contributed by atoms with van der Waals surface area (Å²) < 4.78 is 0. The van der Waals surface area contributed by atoms with Crippen molar-refractivity contribution in [2.24, 2.45) is 0 Å². The smallest absolute Gasteiger partial charge is 0.0662 e. The molecule has 0 spiro atoms. The normalized spacial score (nSPS) is 12.8. The Hall–Kier alpha value is -0.860. The zero-order valence-corrected chi connectivity index (χ0v) is 9.88. The first kappa shape index (κ1) is 12.2. The van der Waals surface area contributed by atoms with Gasteiger partial charge in [-0.1, -0.05) is 25.1 Å². The van der Waals surface area contributed by atoms with Crippen LogP contribution in [-0.4, -0.2) is 17.8 Å². The Morgan fingerprint density at radius 1 is 1.33 bits per heavy atom. The molecule has 0 bridgehead atoms. The first-order chi connectivity index (χ1) is 7.15. The summed E-state index contributed by atoms with van der Waals surface area (Å²) in [5.74, 6) is 0. The van der Waals surface area contributed by atoms with E-state index in [9.17, 15) is 5.11 Å². The van der Waals surface area contributed by atoms with Crippen molar-refractivity contribution >= 4 is 0 Å². The molecule has 0 amide bonds. The highest BCUT2D eigenvalue weighted by Gasteiger charge is 2.02. The molecular weight excluding hydrogens is 186 g/mol. The monoisotopic (exact) mass is 207 g/mol. The Bertz CT molecular complexity index is 309. The third kappa shape index (κ3) is 3.65. The van der Waals surface area contributed by atoms with Crippen LogP contribution in [0.25, 0.3) is 0 Å². The summed E-state index contributed by atoms with van der Waals surface area (Å²) in [4.78, 5) is 0. The standard InChI is InChI=1S/C13H21NO/c1-4-13(15)9-14-8-12-7-5-6-10(2)11(12)3/h5-7,13-15H,4,8-9H2,1-3H3. The van der Waals surface area contributed by atoms with Gasteiger partial charge in [0.25, 0.3) is 0 Å². The van der Waals surface area contributed by atoms with Gasteiger partial charge in [-0.15, -0.1) is 0 Å². The maximum atomic E-state index is 9.40. The Morgan fingerprint density at radius 2 is 2.07 bits per heavy atom. The van der Waals surface area contributed by atoms with Gasteiger partial charge in [-0.05, 0) is 37.0 Å². The fourth-order valence-electron chi connectivity index (χ4n) is 1.52. The molecule has 1 atom stereocenters.